The summed E-state index contributed by atoms with van der Waals surface area (Å²) in [6.07, 6.45) is 4.55. The van der Waals surface area contributed by atoms with Crippen molar-refractivity contribution in [1.82, 2.24) is 0 Å². The lowest BCUT2D eigenvalue weighted by molar-refractivity contribution is 0.0182. The zero-order valence-corrected chi connectivity index (χ0v) is 12.0. The molecule has 2 unspecified atom stereocenters. The zero-order valence-electron chi connectivity index (χ0n) is 12.0. The summed E-state index contributed by atoms with van der Waals surface area (Å²) in [4.78, 5) is 12.0. The lowest BCUT2D eigenvalue weighted by Gasteiger charge is -2.26. The fourth-order valence-corrected chi connectivity index (χ4v) is 2.65. The van der Waals surface area contributed by atoms with Crippen LogP contribution in [0.15, 0.2) is 18.2 Å². The normalized spacial score (nSPS) is 22.6. The molecule has 20 heavy (non-hydrogen) atoms. The molecular formula is C16H21FO3. The zero-order chi connectivity index (χ0) is 14.5. The number of carbonyl (C=O) groups excluding carboxylic acids is 1. The van der Waals surface area contributed by atoms with Gasteiger partial charge in [0.05, 0.1) is 13.2 Å². The second-order valence-electron chi connectivity index (χ2n) is 5.48. The Morgan fingerprint density at radius 2 is 2.20 bits per heavy atom. The summed E-state index contributed by atoms with van der Waals surface area (Å²) in [7, 11) is 1.40. The van der Waals surface area contributed by atoms with Crippen LogP contribution >= 0.6 is 0 Å². The highest BCUT2D eigenvalue weighted by molar-refractivity contribution is 5.97. The Bertz CT molecular complexity index is 473. The maximum atomic E-state index is 13.5. The van der Waals surface area contributed by atoms with Crippen molar-refractivity contribution in [1.29, 1.82) is 0 Å². The highest BCUT2D eigenvalue weighted by Gasteiger charge is 2.20. The van der Waals surface area contributed by atoms with Crippen LogP contribution in [-0.2, 0) is 4.74 Å². The highest BCUT2D eigenvalue weighted by atomic mass is 19.1. The predicted octanol–water partition coefficient (Wildman–Crippen LogP) is 3.61. The number of carbonyl (C=O) groups is 1. The molecule has 1 aromatic carbocycles. The third kappa shape index (κ3) is 3.79. The number of ketones is 1. The molecule has 0 saturated heterocycles. The van der Waals surface area contributed by atoms with Gasteiger partial charge >= 0.3 is 0 Å². The fraction of sp³-hybridized carbons (Fsp3) is 0.562. The van der Waals surface area contributed by atoms with E-state index in [1.54, 1.807) is 6.07 Å². The van der Waals surface area contributed by atoms with Gasteiger partial charge in [0, 0.05) is 5.56 Å². The summed E-state index contributed by atoms with van der Waals surface area (Å²) < 4.78 is 24.0. The van der Waals surface area contributed by atoms with Gasteiger partial charge in [0.1, 0.15) is 6.61 Å². The second kappa shape index (κ2) is 6.84. The van der Waals surface area contributed by atoms with Gasteiger partial charge in [0.2, 0.25) is 0 Å². The maximum Gasteiger partial charge on any atom is 0.188 e. The molecule has 3 nitrogen and oxygen atoms in total. The lowest BCUT2D eigenvalue weighted by atomic mass is 9.89. The Kier molecular flexibility index (Phi) is 5.12. The standard InChI is InChI=1S/C16H21FO3/c1-11-4-3-5-13(8-11)20-10-15(18)12-6-7-16(19-2)14(17)9-12/h6-7,9,11,13H,3-5,8,10H2,1-2H3. The number of hydrogen-bond acceptors (Lipinski definition) is 3. The van der Waals surface area contributed by atoms with Gasteiger partial charge in [-0.3, -0.25) is 4.79 Å². The van der Waals surface area contributed by atoms with E-state index in [1.807, 2.05) is 0 Å². The average molecular weight is 280 g/mol. The molecule has 1 aliphatic rings. The molecule has 2 atom stereocenters. The number of hydrogen-bond donors (Lipinski definition) is 0. The first-order chi connectivity index (χ1) is 9.60. The Balaban J connectivity index is 1.90. The minimum atomic E-state index is -0.523. The molecule has 0 N–H and O–H groups in total. The number of ether oxygens (including phenoxy) is 2. The van der Waals surface area contributed by atoms with Crippen LogP contribution in [0.1, 0.15) is 43.0 Å². The van der Waals surface area contributed by atoms with E-state index < -0.39 is 5.82 Å². The molecule has 0 heterocycles. The van der Waals surface area contributed by atoms with Crippen LogP contribution in [-0.4, -0.2) is 25.6 Å². The van der Waals surface area contributed by atoms with Crippen molar-refractivity contribution in [3.8, 4) is 5.75 Å². The average Bonchev–Trinajstić information content (AvgIpc) is 2.44. The molecule has 110 valence electrons. The molecule has 0 aliphatic heterocycles. The maximum absolute atomic E-state index is 13.5. The monoisotopic (exact) mass is 280 g/mol. The van der Waals surface area contributed by atoms with Gasteiger partial charge in [-0.1, -0.05) is 19.8 Å². The van der Waals surface area contributed by atoms with E-state index >= 15 is 0 Å². The van der Waals surface area contributed by atoms with E-state index in [0.717, 1.165) is 19.3 Å². The Morgan fingerprint density at radius 3 is 2.85 bits per heavy atom. The first-order valence-corrected chi connectivity index (χ1v) is 7.08. The van der Waals surface area contributed by atoms with Gasteiger partial charge in [-0.2, -0.15) is 0 Å². The number of methoxy groups -OCH3 is 1. The fourth-order valence-electron chi connectivity index (χ4n) is 2.65. The molecule has 2 rings (SSSR count). The third-order valence-corrected chi connectivity index (χ3v) is 3.81. The van der Waals surface area contributed by atoms with Crippen molar-refractivity contribution in [2.75, 3.05) is 13.7 Å². The van der Waals surface area contributed by atoms with Gasteiger partial charge < -0.3 is 9.47 Å². The summed E-state index contributed by atoms with van der Waals surface area (Å²) in [6, 6.07) is 4.23. The molecule has 1 fully saturated rings. The predicted molar refractivity (Wildman–Crippen MR) is 74.7 cm³/mol. The molecular weight excluding hydrogens is 259 g/mol. The Hall–Kier alpha value is -1.42. The van der Waals surface area contributed by atoms with E-state index in [-0.39, 0.29) is 24.2 Å². The van der Waals surface area contributed by atoms with Crippen molar-refractivity contribution >= 4 is 5.78 Å². The van der Waals surface area contributed by atoms with Gasteiger partial charge in [0.15, 0.2) is 17.3 Å². The van der Waals surface area contributed by atoms with Crippen molar-refractivity contribution in [3.05, 3.63) is 29.6 Å². The van der Waals surface area contributed by atoms with Gasteiger partial charge in [0.25, 0.3) is 0 Å². The minimum Gasteiger partial charge on any atom is -0.494 e. The van der Waals surface area contributed by atoms with E-state index in [0.29, 0.717) is 11.5 Å². The van der Waals surface area contributed by atoms with Crippen LogP contribution in [0.2, 0.25) is 0 Å². The number of rotatable bonds is 5. The first kappa shape index (κ1) is 15.0. The summed E-state index contributed by atoms with van der Waals surface area (Å²) in [6.45, 7) is 2.22. The summed E-state index contributed by atoms with van der Waals surface area (Å²) in [5, 5.41) is 0. The highest BCUT2D eigenvalue weighted by Crippen LogP contribution is 2.26. The Morgan fingerprint density at radius 1 is 1.40 bits per heavy atom. The van der Waals surface area contributed by atoms with E-state index in [2.05, 4.69) is 6.92 Å². The first-order valence-electron chi connectivity index (χ1n) is 7.08. The van der Waals surface area contributed by atoms with Crippen LogP contribution < -0.4 is 4.74 Å². The SMILES string of the molecule is COc1ccc(C(=O)COC2CCCC(C)C2)cc1F. The van der Waals surface area contributed by atoms with Crippen molar-refractivity contribution < 1.29 is 18.7 Å². The third-order valence-electron chi connectivity index (χ3n) is 3.81. The molecule has 1 saturated carbocycles. The van der Waals surface area contributed by atoms with E-state index in [9.17, 15) is 9.18 Å². The van der Waals surface area contributed by atoms with Crippen LogP contribution in [0.4, 0.5) is 4.39 Å². The number of Topliss-reactive ketones (excluding diaryl/α,β-unsaturated/α-hetero) is 1. The summed E-state index contributed by atoms with van der Waals surface area (Å²) >= 11 is 0. The minimum absolute atomic E-state index is 0.0170. The lowest BCUT2D eigenvalue weighted by Crippen LogP contribution is -2.24. The molecule has 0 bridgehead atoms. The molecule has 0 aromatic heterocycles. The second-order valence-corrected chi connectivity index (χ2v) is 5.48. The van der Waals surface area contributed by atoms with Crippen molar-refractivity contribution in [3.63, 3.8) is 0 Å². The van der Waals surface area contributed by atoms with Gasteiger partial charge in [-0.15, -0.1) is 0 Å². The molecule has 0 radical (unpaired) electrons. The Labute approximate surface area is 119 Å². The van der Waals surface area contributed by atoms with Crippen LogP contribution in [0.5, 0.6) is 5.75 Å². The van der Waals surface area contributed by atoms with Gasteiger partial charge in [-0.25, -0.2) is 4.39 Å². The van der Waals surface area contributed by atoms with Crippen LogP contribution in [0, 0.1) is 11.7 Å². The van der Waals surface area contributed by atoms with Crippen LogP contribution in [0.25, 0.3) is 0 Å². The van der Waals surface area contributed by atoms with E-state index in [1.165, 1.54) is 25.7 Å². The van der Waals surface area contributed by atoms with Crippen molar-refractivity contribution in [2.24, 2.45) is 5.92 Å². The van der Waals surface area contributed by atoms with E-state index in [4.69, 9.17) is 9.47 Å². The quantitative estimate of drug-likeness (QED) is 0.773. The molecule has 0 spiro atoms. The number of benzene rings is 1. The summed E-state index contributed by atoms with van der Waals surface area (Å²) in [5.41, 5.74) is 0.326. The molecule has 1 aliphatic carbocycles. The molecule has 1 aromatic rings. The van der Waals surface area contributed by atoms with Crippen LogP contribution in [0.3, 0.4) is 0 Å². The molecule has 0 amide bonds. The van der Waals surface area contributed by atoms with Crippen molar-refractivity contribution in [2.45, 2.75) is 38.7 Å². The largest absolute Gasteiger partial charge is 0.494 e. The van der Waals surface area contributed by atoms with Gasteiger partial charge in [-0.05, 0) is 37.0 Å². The smallest absolute Gasteiger partial charge is 0.188 e. The molecule has 4 heteroatoms. The number of halogens is 1. The topological polar surface area (TPSA) is 35.5 Å². The summed E-state index contributed by atoms with van der Waals surface area (Å²) in [5.74, 6) is 0.0836.